The third-order valence-electron chi connectivity index (χ3n) is 9.86. The van der Waals surface area contributed by atoms with Crippen LogP contribution in [0.2, 0.25) is 0 Å². The van der Waals surface area contributed by atoms with Crippen LogP contribution in [0.5, 0.6) is 17.2 Å². The van der Waals surface area contributed by atoms with E-state index in [1.54, 1.807) is 21.3 Å². The molecule has 0 amide bonds. The minimum atomic E-state index is 0.782. The average Bonchev–Trinajstić information content (AvgIpc) is 4.07. The first kappa shape index (κ1) is 32.7. The Morgan fingerprint density at radius 1 is 0.352 bits per heavy atom. The molecule has 0 atom stereocenters. The standard InChI is InChI=1S/C46H35N5O3/c1-52-32-10-4-28(5-11-32)43-35-16-18-37(48-35)44(29-6-12-33(53-2)13-7-29)39-20-22-41(50-39)46(31-24-26-47-27-25-31)42-23-21-40(51-42)45(38-19-17-36(43)49-38)30-8-14-34(54-3)15-9-30/h4-27,48,51H,1-3H3. The number of methoxy groups -OCH3 is 3. The molecule has 2 N–H and O–H groups in total. The van der Waals surface area contributed by atoms with Crippen molar-refractivity contribution in [2.75, 3.05) is 21.3 Å². The molecular formula is C46H35N5O3. The zero-order chi connectivity index (χ0) is 36.6. The maximum Gasteiger partial charge on any atom is 0.118 e. The van der Waals surface area contributed by atoms with Crippen LogP contribution in [0.1, 0.15) is 22.8 Å². The molecule has 262 valence electrons. The first-order valence-electron chi connectivity index (χ1n) is 17.6. The van der Waals surface area contributed by atoms with Gasteiger partial charge in [-0.15, -0.1) is 0 Å². The number of H-pyrrole nitrogens is 2. The monoisotopic (exact) mass is 705 g/mol. The van der Waals surface area contributed by atoms with Crippen LogP contribution in [0.25, 0.3) is 90.9 Å². The largest absolute Gasteiger partial charge is 0.497 e. The van der Waals surface area contributed by atoms with Crippen molar-refractivity contribution in [2.24, 2.45) is 0 Å². The topological polar surface area (TPSA) is 97.9 Å². The molecule has 3 aromatic carbocycles. The molecule has 2 aliphatic rings. The van der Waals surface area contributed by atoms with Crippen LogP contribution < -0.4 is 14.2 Å². The summed E-state index contributed by atoms with van der Waals surface area (Å²) >= 11 is 0. The van der Waals surface area contributed by atoms with E-state index in [1.165, 1.54) is 0 Å². The molecule has 0 saturated carbocycles. The highest BCUT2D eigenvalue weighted by Crippen LogP contribution is 2.39. The van der Waals surface area contributed by atoms with Gasteiger partial charge in [0.15, 0.2) is 0 Å². The highest BCUT2D eigenvalue weighted by molar-refractivity contribution is 5.99. The summed E-state index contributed by atoms with van der Waals surface area (Å²) in [6, 6.07) is 36.8. The quantitative estimate of drug-likeness (QED) is 0.171. The van der Waals surface area contributed by atoms with Crippen molar-refractivity contribution in [1.29, 1.82) is 0 Å². The van der Waals surface area contributed by atoms with E-state index in [1.807, 2.05) is 60.9 Å². The number of aromatic amines is 2. The predicted octanol–water partition coefficient (Wildman–Crippen LogP) is 10.7. The summed E-state index contributed by atoms with van der Waals surface area (Å²) in [5, 5.41) is 0. The fourth-order valence-corrected chi connectivity index (χ4v) is 7.21. The van der Waals surface area contributed by atoms with Gasteiger partial charge in [0, 0.05) is 56.7 Å². The lowest BCUT2D eigenvalue weighted by Gasteiger charge is -2.08. The molecular weight excluding hydrogens is 671 g/mol. The van der Waals surface area contributed by atoms with Crippen molar-refractivity contribution in [3.63, 3.8) is 0 Å². The third kappa shape index (κ3) is 5.89. The van der Waals surface area contributed by atoms with Gasteiger partial charge in [0.05, 0.1) is 44.1 Å². The Bertz CT molecular complexity index is 2700. The molecule has 8 nitrogen and oxygen atoms in total. The molecule has 2 aliphatic heterocycles. The molecule has 0 spiro atoms. The van der Waals surface area contributed by atoms with Crippen LogP contribution in [-0.4, -0.2) is 46.2 Å². The van der Waals surface area contributed by atoms with Crippen LogP contribution in [-0.2, 0) is 0 Å². The SMILES string of the molecule is COc1ccc(-c2c3nc(c(-c4ccc(OC)cc4)c4ccc([nH]4)c(-c4ccc(OC)cc4)c4nc(c(-c5ccncc5)c5ccc2[nH]5)C=C4)C=C3)cc1. The third-order valence-corrected chi connectivity index (χ3v) is 9.86. The van der Waals surface area contributed by atoms with Gasteiger partial charge in [-0.25, -0.2) is 9.97 Å². The summed E-state index contributed by atoms with van der Waals surface area (Å²) in [6.45, 7) is 0. The minimum Gasteiger partial charge on any atom is -0.497 e. The van der Waals surface area contributed by atoms with Gasteiger partial charge in [-0.2, -0.15) is 0 Å². The van der Waals surface area contributed by atoms with Gasteiger partial charge in [-0.05, 0) is 119 Å². The first-order chi connectivity index (χ1) is 26.6. The molecule has 4 aromatic heterocycles. The lowest BCUT2D eigenvalue weighted by atomic mass is 10.0. The van der Waals surface area contributed by atoms with Gasteiger partial charge in [0.2, 0.25) is 0 Å². The van der Waals surface area contributed by atoms with Crippen molar-refractivity contribution in [3.8, 4) is 61.8 Å². The Hall–Kier alpha value is -7.19. The van der Waals surface area contributed by atoms with E-state index in [2.05, 4.69) is 99.9 Å². The fraction of sp³-hybridized carbons (Fsp3) is 0.0652. The Balaban J connectivity index is 1.44. The van der Waals surface area contributed by atoms with E-state index >= 15 is 0 Å². The number of rotatable bonds is 7. The summed E-state index contributed by atoms with van der Waals surface area (Å²) in [5.74, 6) is 2.35. The maximum absolute atomic E-state index is 5.52. The molecule has 9 rings (SSSR count). The molecule has 0 aliphatic carbocycles. The van der Waals surface area contributed by atoms with Gasteiger partial charge in [-0.1, -0.05) is 36.4 Å². The maximum atomic E-state index is 5.52. The van der Waals surface area contributed by atoms with E-state index in [0.717, 1.165) is 107 Å². The lowest BCUT2D eigenvalue weighted by molar-refractivity contribution is 0.415. The summed E-state index contributed by atoms with van der Waals surface area (Å²) < 4.78 is 16.6. The number of fused-ring (bicyclic) bond motifs is 8. The Morgan fingerprint density at radius 2 is 0.630 bits per heavy atom. The van der Waals surface area contributed by atoms with Gasteiger partial charge < -0.3 is 24.2 Å². The van der Waals surface area contributed by atoms with Gasteiger partial charge in [0.1, 0.15) is 17.2 Å². The molecule has 0 unspecified atom stereocenters. The summed E-state index contributed by atoms with van der Waals surface area (Å²) in [4.78, 5) is 22.6. The molecule has 7 aromatic rings. The zero-order valence-electron chi connectivity index (χ0n) is 29.9. The van der Waals surface area contributed by atoms with Gasteiger partial charge in [0.25, 0.3) is 0 Å². The number of aromatic nitrogens is 5. The van der Waals surface area contributed by atoms with Crippen LogP contribution in [0.3, 0.4) is 0 Å². The Kier molecular flexibility index (Phi) is 8.32. The second-order valence-corrected chi connectivity index (χ2v) is 12.9. The Morgan fingerprint density at radius 3 is 0.907 bits per heavy atom. The minimum absolute atomic E-state index is 0.782. The molecule has 54 heavy (non-hydrogen) atoms. The first-order valence-corrected chi connectivity index (χ1v) is 17.6. The highest BCUT2D eigenvalue weighted by Gasteiger charge is 2.19. The molecule has 6 heterocycles. The van der Waals surface area contributed by atoms with Crippen molar-refractivity contribution in [1.82, 2.24) is 24.9 Å². The molecule has 8 heteroatoms. The van der Waals surface area contributed by atoms with Gasteiger partial charge in [-0.3, -0.25) is 4.98 Å². The van der Waals surface area contributed by atoms with Crippen LogP contribution in [0.4, 0.5) is 0 Å². The van der Waals surface area contributed by atoms with Crippen molar-refractivity contribution in [3.05, 3.63) is 144 Å². The summed E-state index contributed by atoms with van der Waals surface area (Å²) in [7, 11) is 5.03. The molecule has 0 radical (unpaired) electrons. The van der Waals surface area contributed by atoms with Crippen molar-refractivity contribution in [2.45, 2.75) is 0 Å². The lowest BCUT2D eigenvalue weighted by Crippen LogP contribution is -1.90. The molecule has 0 fully saturated rings. The number of nitrogens with one attached hydrogen (secondary N) is 2. The van der Waals surface area contributed by atoms with Crippen molar-refractivity contribution < 1.29 is 14.2 Å². The van der Waals surface area contributed by atoms with E-state index in [9.17, 15) is 0 Å². The number of nitrogens with zero attached hydrogens (tertiary/aromatic N) is 3. The van der Waals surface area contributed by atoms with E-state index in [0.29, 0.717) is 0 Å². The highest BCUT2D eigenvalue weighted by atomic mass is 16.5. The number of hydrogen-bond acceptors (Lipinski definition) is 6. The van der Waals surface area contributed by atoms with Crippen molar-refractivity contribution >= 4 is 46.4 Å². The number of pyridine rings is 1. The molecule has 8 bridgehead atoms. The average molecular weight is 706 g/mol. The summed E-state index contributed by atoms with van der Waals surface area (Å²) in [5.41, 5.74) is 14.8. The van der Waals surface area contributed by atoms with Crippen LogP contribution in [0, 0.1) is 0 Å². The van der Waals surface area contributed by atoms with Crippen LogP contribution >= 0.6 is 0 Å². The second kappa shape index (κ2) is 13.7. The molecule has 0 saturated heterocycles. The zero-order valence-corrected chi connectivity index (χ0v) is 29.9. The van der Waals surface area contributed by atoms with Gasteiger partial charge >= 0.3 is 0 Å². The fourth-order valence-electron chi connectivity index (χ4n) is 7.21. The second-order valence-electron chi connectivity index (χ2n) is 12.9. The predicted molar refractivity (Wildman–Crippen MR) is 218 cm³/mol. The van der Waals surface area contributed by atoms with E-state index < -0.39 is 0 Å². The normalized spacial score (nSPS) is 11.8. The Labute approximate surface area is 312 Å². The van der Waals surface area contributed by atoms with E-state index in [-0.39, 0.29) is 0 Å². The van der Waals surface area contributed by atoms with E-state index in [4.69, 9.17) is 24.2 Å². The number of benzene rings is 3. The number of ether oxygens (including phenoxy) is 3. The number of hydrogen-bond donors (Lipinski definition) is 2. The summed E-state index contributed by atoms with van der Waals surface area (Å²) in [6.07, 6.45) is 12.0. The smallest absolute Gasteiger partial charge is 0.118 e. The van der Waals surface area contributed by atoms with Crippen LogP contribution in [0.15, 0.2) is 122 Å².